The summed E-state index contributed by atoms with van der Waals surface area (Å²) >= 11 is 1.88. The molecule has 0 atom stereocenters. The smallest absolute Gasteiger partial charge is 0.00521 e. The van der Waals surface area contributed by atoms with Gasteiger partial charge in [0.2, 0.25) is 0 Å². The highest BCUT2D eigenvalue weighted by Gasteiger charge is 1.99. The first-order chi connectivity index (χ1) is 7.75. The molecule has 16 heavy (non-hydrogen) atoms. The second-order valence-electron chi connectivity index (χ2n) is 3.96. The van der Waals surface area contributed by atoms with Crippen molar-refractivity contribution in [2.45, 2.75) is 20.3 Å². The minimum atomic E-state index is 1.03. The lowest BCUT2D eigenvalue weighted by Gasteiger charge is -1.94. The summed E-state index contributed by atoms with van der Waals surface area (Å²) in [5, 5.41) is 0. The molecule has 0 saturated heterocycles. The molecule has 2 aromatic rings. The van der Waals surface area contributed by atoms with Crippen LogP contribution in [-0.2, 0) is 6.42 Å². The summed E-state index contributed by atoms with van der Waals surface area (Å²) in [6.45, 7) is 4.37. The number of benzene rings is 1. The normalized spacial score (nSPS) is 11.1. The first-order valence-corrected chi connectivity index (χ1v) is 6.35. The Morgan fingerprint density at radius 3 is 2.50 bits per heavy atom. The highest BCUT2D eigenvalue weighted by molar-refractivity contribution is 7.12. The molecular formula is C15H16S. The Morgan fingerprint density at radius 2 is 1.88 bits per heavy atom. The van der Waals surface area contributed by atoms with E-state index < -0.39 is 0 Å². The molecule has 82 valence electrons. The van der Waals surface area contributed by atoms with Crippen molar-refractivity contribution in [3.8, 4) is 0 Å². The molecule has 1 heterocycles. The average molecular weight is 228 g/mol. The Kier molecular flexibility index (Phi) is 3.58. The zero-order chi connectivity index (χ0) is 11.4. The highest BCUT2D eigenvalue weighted by Crippen LogP contribution is 2.21. The molecule has 0 fully saturated rings. The summed E-state index contributed by atoms with van der Waals surface area (Å²) in [6, 6.07) is 12.7. The zero-order valence-corrected chi connectivity index (χ0v) is 10.6. The monoisotopic (exact) mass is 228 g/mol. The van der Waals surface area contributed by atoms with E-state index in [0.717, 1.165) is 6.42 Å². The third-order valence-corrected chi connectivity index (χ3v) is 3.60. The van der Waals surface area contributed by atoms with Gasteiger partial charge < -0.3 is 0 Å². The SMILES string of the molecule is Cc1cc(C/C=C/c2ccccc2)c(C)s1. The third kappa shape index (κ3) is 2.83. The van der Waals surface area contributed by atoms with Crippen molar-refractivity contribution in [3.05, 3.63) is 63.4 Å². The lowest BCUT2D eigenvalue weighted by molar-refractivity contribution is 1.26. The lowest BCUT2D eigenvalue weighted by Crippen LogP contribution is -1.79. The third-order valence-electron chi connectivity index (χ3n) is 2.59. The molecule has 0 aliphatic carbocycles. The Bertz CT molecular complexity index is 477. The maximum absolute atomic E-state index is 2.29. The number of thiophene rings is 1. The van der Waals surface area contributed by atoms with Gasteiger partial charge in [0.1, 0.15) is 0 Å². The number of hydrogen-bond donors (Lipinski definition) is 0. The van der Waals surface area contributed by atoms with E-state index in [2.05, 4.69) is 56.3 Å². The molecule has 0 radical (unpaired) electrons. The van der Waals surface area contributed by atoms with Crippen LogP contribution in [0.25, 0.3) is 6.08 Å². The average Bonchev–Trinajstić information content (AvgIpc) is 2.59. The predicted octanol–water partition coefficient (Wildman–Crippen LogP) is 4.62. The minimum Gasteiger partial charge on any atom is -0.146 e. The molecule has 0 amide bonds. The molecule has 0 spiro atoms. The van der Waals surface area contributed by atoms with Crippen molar-refractivity contribution in [1.29, 1.82) is 0 Å². The van der Waals surface area contributed by atoms with Gasteiger partial charge >= 0.3 is 0 Å². The van der Waals surface area contributed by atoms with Crippen molar-refractivity contribution in [3.63, 3.8) is 0 Å². The van der Waals surface area contributed by atoms with Crippen LogP contribution in [0.2, 0.25) is 0 Å². The van der Waals surface area contributed by atoms with Crippen molar-refractivity contribution >= 4 is 17.4 Å². The number of aryl methyl sites for hydroxylation is 2. The summed E-state index contributed by atoms with van der Waals surface area (Å²) < 4.78 is 0. The fourth-order valence-electron chi connectivity index (χ4n) is 1.77. The van der Waals surface area contributed by atoms with Crippen molar-refractivity contribution in [2.75, 3.05) is 0 Å². The molecule has 1 heteroatoms. The zero-order valence-electron chi connectivity index (χ0n) is 9.73. The molecule has 0 saturated carbocycles. The van der Waals surface area contributed by atoms with Crippen LogP contribution in [-0.4, -0.2) is 0 Å². The van der Waals surface area contributed by atoms with Crippen LogP contribution >= 0.6 is 11.3 Å². The van der Waals surface area contributed by atoms with Gasteiger partial charge in [-0.15, -0.1) is 11.3 Å². The fraction of sp³-hybridized carbons (Fsp3) is 0.200. The summed E-state index contributed by atoms with van der Waals surface area (Å²) in [7, 11) is 0. The topological polar surface area (TPSA) is 0 Å². The van der Waals surface area contributed by atoms with Crippen LogP contribution < -0.4 is 0 Å². The quantitative estimate of drug-likeness (QED) is 0.719. The van der Waals surface area contributed by atoms with Gasteiger partial charge in [-0.3, -0.25) is 0 Å². The molecule has 0 aliphatic rings. The molecule has 1 aromatic carbocycles. The standard InChI is InChI=1S/C15H16S/c1-12-11-15(13(2)16-12)10-6-9-14-7-4-3-5-8-14/h3-9,11H,10H2,1-2H3/b9-6+. The summed E-state index contributed by atoms with van der Waals surface area (Å²) in [5.41, 5.74) is 2.72. The van der Waals surface area contributed by atoms with E-state index in [9.17, 15) is 0 Å². The summed E-state index contributed by atoms with van der Waals surface area (Å²) in [4.78, 5) is 2.84. The first-order valence-electron chi connectivity index (χ1n) is 5.53. The molecule has 2 rings (SSSR count). The van der Waals surface area contributed by atoms with Gasteiger partial charge in [-0.1, -0.05) is 42.5 Å². The molecule has 0 nitrogen and oxygen atoms in total. The first kappa shape index (κ1) is 11.2. The molecular weight excluding hydrogens is 212 g/mol. The Balaban J connectivity index is 2.02. The van der Waals surface area contributed by atoms with E-state index in [0.29, 0.717) is 0 Å². The molecule has 0 N–H and O–H groups in total. The van der Waals surface area contributed by atoms with Gasteiger partial charge in [-0.25, -0.2) is 0 Å². The Morgan fingerprint density at radius 1 is 1.12 bits per heavy atom. The van der Waals surface area contributed by atoms with Crippen molar-refractivity contribution < 1.29 is 0 Å². The van der Waals surface area contributed by atoms with Gasteiger partial charge in [-0.2, -0.15) is 0 Å². The second kappa shape index (κ2) is 5.13. The number of rotatable bonds is 3. The lowest BCUT2D eigenvalue weighted by atomic mass is 10.1. The fourth-order valence-corrected chi connectivity index (χ4v) is 2.73. The molecule has 0 aliphatic heterocycles. The maximum Gasteiger partial charge on any atom is 0.00521 e. The van der Waals surface area contributed by atoms with Gasteiger partial charge in [0.25, 0.3) is 0 Å². The van der Waals surface area contributed by atoms with Gasteiger partial charge in [0.15, 0.2) is 0 Å². The van der Waals surface area contributed by atoms with Crippen LogP contribution in [0.5, 0.6) is 0 Å². The Hall–Kier alpha value is -1.34. The van der Waals surface area contributed by atoms with Crippen LogP contribution in [0.1, 0.15) is 20.9 Å². The van der Waals surface area contributed by atoms with Crippen LogP contribution in [0.3, 0.4) is 0 Å². The summed E-state index contributed by atoms with van der Waals surface area (Å²) in [6.07, 6.45) is 5.46. The van der Waals surface area contributed by atoms with Gasteiger partial charge in [-0.05, 0) is 37.5 Å². The van der Waals surface area contributed by atoms with Crippen LogP contribution in [0.4, 0.5) is 0 Å². The molecule has 0 bridgehead atoms. The maximum atomic E-state index is 2.29. The molecule has 1 aromatic heterocycles. The Labute approximate surface area is 101 Å². The molecule has 0 unspecified atom stereocenters. The van der Waals surface area contributed by atoms with Crippen LogP contribution in [0.15, 0.2) is 42.5 Å². The summed E-state index contributed by atoms with van der Waals surface area (Å²) in [5.74, 6) is 0. The van der Waals surface area contributed by atoms with Gasteiger partial charge in [0.05, 0.1) is 0 Å². The van der Waals surface area contributed by atoms with E-state index >= 15 is 0 Å². The highest BCUT2D eigenvalue weighted by atomic mass is 32.1. The van der Waals surface area contributed by atoms with Crippen molar-refractivity contribution in [2.24, 2.45) is 0 Å². The van der Waals surface area contributed by atoms with E-state index in [1.807, 2.05) is 17.4 Å². The van der Waals surface area contributed by atoms with Gasteiger partial charge in [0, 0.05) is 9.75 Å². The number of hydrogen-bond acceptors (Lipinski definition) is 1. The number of allylic oxidation sites excluding steroid dienone is 1. The van der Waals surface area contributed by atoms with Crippen LogP contribution in [0, 0.1) is 13.8 Å². The van der Waals surface area contributed by atoms with E-state index in [1.54, 1.807) is 0 Å². The van der Waals surface area contributed by atoms with Crippen molar-refractivity contribution in [1.82, 2.24) is 0 Å². The van der Waals surface area contributed by atoms with E-state index in [-0.39, 0.29) is 0 Å². The van der Waals surface area contributed by atoms with E-state index in [4.69, 9.17) is 0 Å². The predicted molar refractivity (Wildman–Crippen MR) is 73.0 cm³/mol. The second-order valence-corrected chi connectivity index (χ2v) is 5.42. The minimum absolute atomic E-state index is 1.03. The van der Waals surface area contributed by atoms with E-state index in [1.165, 1.54) is 20.9 Å². The largest absolute Gasteiger partial charge is 0.146 e.